The fourth-order valence-corrected chi connectivity index (χ4v) is 1.91. The van der Waals surface area contributed by atoms with Crippen molar-refractivity contribution >= 4 is 5.91 Å². The second-order valence-corrected chi connectivity index (χ2v) is 4.62. The Kier molecular flexibility index (Phi) is 3.47. The van der Waals surface area contributed by atoms with E-state index in [1.807, 2.05) is 6.92 Å². The predicted molar refractivity (Wildman–Crippen MR) is 61.7 cm³/mol. The molecule has 5 heteroatoms. The standard InChI is InChI=1S/C12H18N2O3/c1-3-8(2)10-6-11(17-13-10)12(16)14-5-4-9(15)7-14/h6,8-9,15H,3-5,7H2,1-2H3/t8?,9-/m1/s1. The zero-order valence-corrected chi connectivity index (χ0v) is 10.2. The molecular formula is C12H18N2O3. The smallest absolute Gasteiger partial charge is 0.292 e. The SMILES string of the molecule is CCC(C)c1cc(C(=O)N2CC[C@@H](O)C2)on1. The van der Waals surface area contributed by atoms with Crippen molar-refractivity contribution in [2.24, 2.45) is 0 Å². The third-order valence-corrected chi connectivity index (χ3v) is 3.31. The third-order valence-electron chi connectivity index (χ3n) is 3.31. The summed E-state index contributed by atoms with van der Waals surface area (Å²) in [6.07, 6.45) is 1.19. The minimum absolute atomic E-state index is 0.177. The van der Waals surface area contributed by atoms with Gasteiger partial charge in [0, 0.05) is 25.1 Å². The van der Waals surface area contributed by atoms with Crippen LogP contribution in [0.5, 0.6) is 0 Å². The highest BCUT2D eigenvalue weighted by molar-refractivity contribution is 5.91. The Balaban J connectivity index is 2.07. The van der Waals surface area contributed by atoms with Gasteiger partial charge in [-0.3, -0.25) is 4.79 Å². The van der Waals surface area contributed by atoms with Gasteiger partial charge in [-0.05, 0) is 12.8 Å². The summed E-state index contributed by atoms with van der Waals surface area (Å²) >= 11 is 0. The molecule has 5 nitrogen and oxygen atoms in total. The number of nitrogens with zero attached hydrogens (tertiary/aromatic N) is 2. The third kappa shape index (κ3) is 2.49. The minimum Gasteiger partial charge on any atom is -0.391 e. The van der Waals surface area contributed by atoms with Crippen molar-refractivity contribution in [2.45, 2.75) is 38.7 Å². The molecule has 1 fully saturated rings. The Bertz CT molecular complexity index is 402. The maximum absolute atomic E-state index is 12.0. The fraction of sp³-hybridized carbons (Fsp3) is 0.667. The number of hydrogen-bond acceptors (Lipinski definition) is 4. The van der Waals surface area contributed by atoms with Crippen LogP contribution in [0.3, 0.4) is 0 Å². The van der Waals surface area contributed by atoms with Gasteiger partial charge >= 0.3 is 0 Å². The van der Waals surface area contributed by atoms with Crippen LogP contribution in [0.1, 0.15) is 48.9 Å². The Hall–Kier alpha value is -1.36. The van der Waals surface area contributed by atoms with Gasteiger partial charge in [0.25, 0.3) is 5.91 Å². The topological polar surface area (TPSA) is 66.6 Å². The van der Waals surface area contributed by atoms with E-state index >= 15 is 0 Å². The van der Waals surface area contributed by atoms with Gasteiger partial charge in [0.1, 0.15) is 0 Å². The van der Waals surface area contributed by atoms with Crippen LogP contribution in [0.15, 0.2) is 10.6 Å². The molecule has 0 aromatic carbocycles. The van der Waals surface area contributed by atoms with Gasteiger partial charge in [0.05, 0.1) is 11.8 Å². The van der Waals surface area contributed by atoms with E-state index < -0.39 is 6.10 Å². The van der Waals surface area contributed by atoms with Gasteiger partial charge in [-0.25, -0.2) is 0 Å². The largest absolute Gasteiger partial charge is 0.391 e. The van der Waals surface area contributed by atoms with Gasteiger partial charge < -0.3 is 14.5 Å². The van der Waals surface area contributed by atoms with Gasteiger partial charge in [0.15, 0.2) is 0 Å². The zero-order valence-electron chi connectivity index (χ0n) is 10.2. The van der Waals surface area contributed by atoms with Crippen molar-refractivity contribution in [3.63, 3.8) is 0 Å². The Morgan fingerprint density at radius 1 is 1.76 bits per heavy atom. The summed E-state index contributed by atoms with van der Waals surface area (Å²) in [6.45, 7) is 5.08. The highest BCUT2D eigenvalue weighted by Gasteiger charge is 2.28. The van der Waals surface area contributed by atoms with Crippen LogP contribution < -0.4 is 0 Å². The number of carbonyl (C=O) groups excluding carboxylic acids is 1. The lowest BCUT2D eigenvalue weighted by Crippen LogP contribution is -2.29. The lowest BCUT2D eigenvalue weighted by molar-refractivity contribution is 0.0724. The van der Waals surface area contributed by atoms with Gasteiger partial charge in [-0.1, -0.05) is 19.0 Å². The number of β-amino-alcohol motifs (C(OH)–C–C–N with tert-alkyl or cyclic N) is 1. The van der Waals surface area contributed by atoms with Crippen molar-refractivity contribution in [1.29, 1.82) is 0 Å². The van der Waals surface area contributed by atoms with Crippen molar-refractivity contribution in [1.82, 2.24) is 10.1 Å². The summed E-state index contributed by atoms with van der Waals surface area (Å²) in [5.41, 5.74) is 0.815. The van der Waals surface area contributed by atoms with Gasteiger partial charge in [0.2, 0.25) is 5.76 Å². The number of carbonyl (C=O) groups is 1. The molecule has 2 atom stereocenters. The highest BCUT2D eigenvalue weighted by atomic mass is 16.5. The Labute approximate surface area is 100 Å². The lowest BCUT2D eigenvalue weighted by Gasteiger charge is -2.12. The van der Waals surface area contributed by atoms with Crippen molar-refractivity contribution in [2.75, 3.05) is 13.1 Å². The molecule has 0 bridgehead atoms. The summed E-state index contributed by atoms with van der Waals surface area (Å²) in [5.74, 6) is 0.391. The zero-order chi connectivity index (χ0) is 12.4. The van der Waals surface area contributed by atoms with E-state index in [4.69, 9.17) is 4.52 Å². The summed E-state index contributed by atoms with van der Waals surface area (Å²) in [7, 11) is 0. The van der Waals surface area contributed by atoms with Crippen molar-refractivity contribution in [3.05, 3.63) is 17.5 Å². The molecule has 2 heterocycles. The minimum atomic E-state index is -0.407. The van der Waals surface area contributed by atoms with Crippen molar-refractivity contribution < 1.29 is 14.4 Å². The van der Waals surface area contributed by atoms with Crippen LogP contribution in [-0.4, -0.2) is 40.3 Å². The molecule has 1 amide bonds. The summed E-state index contributed by atoms with van der Waals surface area (Å²) in [5, 5.41) is 13.3. The highest BCUT2D eigenvalue weighted by Crippen LogP contribution is 2.20. The van der Waals surface area contributed by atoms with E-state index in [2.05, 4.69) is 12.1 Å². The van der Waals surface area contributed by atoms with E-state index in [0.717, 1.165) is 12.1 Å². The number of aromatic nitrogens is 1. The van der Waals surface area contributed by atoms with Crippen LogP contribution in [0.4, 0.5) is 0 Å². The number of aliphatic hydroxyl groups excluding tert-OH is 1. The van der Waals surface area contributed by atoms with Crippen LogP contribution in [0.25, 0.3) is 0 Å². The molecule has 0 radical (unpaired) electrons. The van der Waals surface area contributed by atoms with Gasteiger partial charge in [-0.2, -0.15) is 0 Å². The first kappa shape index (κ1) is 12.1. The lowest BCUT2D eigenvalue weighted by atomic mass is 10.1. The Morgan fingerprint density at radius 3 is 3.12 bits per heavy atom. The van der Waals surface area contributed by atoms with E-state index in [9.17, 15) is 9.90 Å². The van der Waals surface area contributed by atoms with E-state index in [1.54, 1.807) is 11.0 Å². The number of amides is 1. The molecule has 1 aliphatic rings. The predicted octanol–water partition coefficient (Wildman–Crippen LogP) is 1.39. The van der Waals surface area contributed by atoms with Crippen LogP contribution in [-0.2, 0) is 0 Å². The Morgan fingerprint density at radius 2 is 2.53 bits per heavy atom. The van der Waals surface area contributed by atoms with E-state index in [1.165, 1.54) is 0 Å². The fourth-order valence-electron chi connectivity index (χ4n) is 1.91. The number of rotatable bonds is 3. The molecule has 0 aliphatic carbocycles. The van der Waals surface area contributed by atoms with Crippen LogP contribution in [0.2, 0.25) is 0 Å². The molecule has 1 unspecified atom stereocenters. The quantitative estimate of drug-likeness (QED) is 0.864. The van der Waals surface area contributed by atoms with Crippen molar-refractivity contribution in [3.8, 4) is 0 Å². The number of aliphatic hydroxyl groups is 1. The first-order valence-electron chi connectivity index (χ1n) is 6.05. The summed E-state index contributed by atoms with van der Waals surface area (Å²) in [6, 6.07) is 1.71. The maximum Gasteiger partial charge on any atom is 0.292 e. The second-order valence-electron chi connectivity index (χ2n) is 4.62. The summed E-state index contributed by atoms with van der Waals surface area (Å²) in [4.78, 5) is 13.6. The maximum atomic E-state index is 12.0. The number of hydrogen-bond donors (Lipinski definition) is 1. The average Bonchev–Trinajstić information content (AvgIpc) is 2.95. The van der Waals surface area contributed by atoms with E-state index in [-0.39, 0.29) is 11.7 Å². The number of likely N-dealkylation sites (tertiary alicyclic amines) is 1. The first-order chi connectivity index (χ1) is 8.11. The molecule has 17 heavy (non-hydrogen) atoms. The molecule has 1 saturated heterocycles. The molecule has 0 saturated carbocycles. The first-order valence-corrected chi connectivity index (χ1v) is 6.05. The van der Waals surface area contributed by atoms with Gasteiger partial charge in [-0.15, -0.1) is 0 Å². The second kappa shape index (κ2) is 4.87. The molecule has 1 aliphatic heterocycles. The molecule has 2 rings (SSSR count). The molecule has 94 valence electrons. The van der Waals surface area contributed by atoms with Crippen LogP contribution in [0, 0.1) is 0 Å². The van der Waals surface area contributed by atoms with Crippen LogP contribution >= 0.6 is 0 Å². The monoisotopic (exact) mass is 238 g/mol. The normalized spacial score (nSPS) is 21.8. The average molecular weight is 238 g/mol. The molecule has 1 aromatic rings. The molecular weight excluding hydrogens is 220 g/mol. The molecule has 1 aromatic heterocycles. The molecule has 1 N–H and O–H groups in total. The molecule has 0 spiro atoms. The summed E-state index contributed by atoms with van der Waals surface area (Å²) < 4.78 is 5.07. The van der Waals surface area contributed by atoms with E-state index in [0.29, 0.717) is 25.4 Å².